The van der Waals surface area contributed by atoms with Crippen molar-refractivity contribution >= 4 is 0 Å². The molecule has 4 aromatic rings. The summed E-state index contributed by atoms with van der Waals surface area (Å²) in [6.45, 7) is 0. The van der Waals surface area contributed by atoms with Crippen LogP contribution in [0, 0.1) is 23.3 Å². The van der Waals surface area contributed by atoms with Crippen LogP contribution >= 0.6 is 0 Å². The Morgan fingerprint density at radius 3 is 1.08 bits per heavy atom. The zero-order valence-electron chi connectivity index (χ0n) is 17.9. The van der Waals surface area contributed by atoms with Gasteiger partial charge in [0.05, 0.1) is 22.5 Å². The van der Waals surface area contributed by atoms with E-state index < -0.39 is 46.7 Å². The van der Waals surface area contributed by atoms with E-state index in [1.807, 2.05) is 0 Å². The molecule has 0 atom stereocenters. The minimum atomic E-state index is -4.49. The van der Waals surface area contributed by atoms with E-state index in [1.54, 1.807) is 0 Å². The fourth-order valence-electron chi connectivity index (χ4n) is 2.84. The number of nitrogens with zero attached hydrogens (tertiary/aromatic N) is 2. The average molecular weight is 711 g/mol. The molecule has 0 spiro atoms. The minimum absolute atomic E-state index is 0. The summed E-state index contributed by atoms with van der Waals surface area (Å²) >= 11 is 0. The van der Waals surface area contributed by atoms with E-state index in [0.717, 1.165) is 48.5 Å². The van der Waals surface area contributed by atoms with Gasteiger partial charge < -0.3 is 0 Å². The van der Waals surface area contributed by atoms with Gasteiger partial charge in [-0.2, -0.15) is 26.3 Å². The first-order valence-electron chi connectivity index (χ1n) is 9.73. The average Bonchev–Trinajstić information content (AvgIpc) is 2.79. The molecule has 0 saturated carbocycles. The first-order chi connectivity index (χ1) is 16.8. The second-order valence-electron chi connectivity index (χ2n) is 7.11. The number of halogens is 10. The molecule has 196 valence electrons. The van der Waals surface area contributed by atoms with Gasteiger partial charge in [-0.15, -0.1) is 0 Å². The Kier molecular flexibility index (Phi) is 9.56. The summed E-state index contributed by atoms with van der Waals surface area (Å²) in [4.78, 5) is 7.05. The fraction of sp³-hybridized carbons (Fsp3) is 0.0833. The molecule has 0 bridgehead atoms. The van der Waals surface area contributed by atoms with E-state index in [2.05, 4.69) is 9.97 Å². The zero-order valence-corrected chi connectivity index (χ0v) is 20.3. The van der Waals surface area contributed by atoms with Crippen molar-refractivity contribution in [2.24, 2.45) is 0 Å². The van der Waals surface area contributed by atoms with Crippen LogP contribution < -0.4 is 0 Å². The number of hydrogen-bond donors (Lipinski definition) is 0. The summed E-state index contributed by atoms with van der Waals surface area (Å²) in [7, 11) is 0. The van der Waals surface area contributed by atoms with Crippen LogP contribution in [0.5, 0.6) is 0 Å². The van der Waals surface area contributed by atoms with Crippen molar-refractivity contribution in [1.82, 2.24) is 9.97 Å². The van der Waals surface area contributed by atoms with E-state index in [9.17, 15) is 43.9 Å². The van der Waals surface area contributed by atoms with Gasteiger partial charge in [0.2, 0.25) is 0 Å². The smallest absolute Gasteiger partial charge is 0.256 e. The molecular weight excluding hydrogens is 698 g/mol. The first-order valence-corrected chi connectivity index (χ1v) is 9.73. The summed E-state index contributed by atoms with van der Waals surface area (Å²) in [5.74, 6) is -3.27. The first kappa shape index (κ1) is 29.9. The number of hydrogen-bond acceptors (Lipinski definition) is 2. The monoisotopic (exact) mass is 711 g/mol. The van der Waals surface area contributed by atoms with Crippen molar-refractivity contribution in [3.8, 4) is 22.5 Å². The molecular formula is C24H12F10IrN2+. The van der Waals surface area contributed by atoms with Gasteiger partial charge in [0, 0.05) is 35.7 Å². The summed E-state index contributed by atoms with van der Waals surface area (Å²) in [5.41, 5.74) is -1.92. The quantitative estimate of drug-likeness (QED) is 0.197. The van der Waals surface area contributed by atoms with Gasteiger partial charge in [-0.1, -0.05) is 0 Å². The molecule has 2 aromatic carbocycles. The molecule has 0 aliphatic heterocycles. The third-order valence-corrected chi connectivity index (χ3v) is 4.60. The van der Waals surface area contributed by atoms with Gasteiger partial charge in [0.1, 0.15) is 23.3 Å². The molecule has 0 radical (unpaired) electrons. The van der Waals surface area contributed by atoms with Crippen LogP contribution in [0.15, 0.2) is 73.1 Å². The molecule has 0 amide bonds. The molecule has 0 saturated heterocycles. The Labute approximate surface area is 216 Å². The predicted molar refractivity (Wildman–Crippen MR) is 109 cm³/mol. The third kappa shape index (κ3) is 7.83. The van der Waals surface area contributed by atoms with E-state index in [1.165, 1.54) is 0 Å². The van der Waals surface area contributed by atoms with Crippen LogP contribution in [-0.2, 0) is 32.5 Å². The van der Waals surface area contributed by atoms with Crippen molar-refractivity contribution in [3.63, 3.8) is 0 Å². The van der Waals surface area contributed by atoms with Crippen LogP contribution in [0.1, 0.15) is 11.1 Å². The Bertz CT molecular complexity index is 1230. The van der Waals surface area contributed by atoms with Crippen LogP contribution in [0.4, 0.5) is 43.9 Å². The molecule has 2 aromatic heterocycles. The molecule has 0 fully saturated rings. The second kappa shape index (κ2) is 11.8. The number of pyridine rings is 2. The van der Waals surface area contributed by atoms with E-state index in [-0.39, 0.29) is 42.6 Å². The minimum Gasteiger partial charge on any atom is -0.256 e. The molecule has 37 heavy (non-hydrogen) atoms. The maximum Gasteiger partial charge on any atom is 1.00 e. The van der Waals surface area contributed by atoms with Crippen LogP contribution in [0.2, 0.25) is 0 Å². The van der Waals surface area contributed by atoms with Crippen molar-refractivity contribution in [2.75, 3.05) is 0 Å². The summed E-state index contributed by atoms with van der Waals surface area (Å²) in [6, 6.07) is 9.24. The fourth-order valence-corrected chi connectivity index (χ4v) is 2.84. The number of benzene rings is 2. The molecule has 0 unspecified atom stereocenters. The Balaban J connectivity index is 0.000000253. The summed E-state index contributed by atoms with van der Waals surface area (Å²) < 4.78 is 126. The third-order valence-electron chi connectivity index (χ3n) is 4.60. The largest absolute Gasteiger partial charge is 1.00 e. The predicted octanol–water partition coefficient (Wildman–Crippen LogP) is 8.09. The molecule has 2 heterocycles. The van der Waals surface area contributed by atoms with Gasteiger partial charge in [-0.3, -0.25) is 9.97 Å². The van der Waals surface area contributed by atoms with Crippen molar-refractivity contribution in [1.29, 1.82) is 0 Å². The van der Waals surface area contributed by atoms with Crippen molar-refractivity contribution < 1.29 is 64.0 Å². The van der Waals surface area contributed by atoms with Crippen LogP contribution in [0.25, 0.3) is 22.5 Å². The van der Waals surface area contributed by atoms with E-state index >= 15 is 0 Å². The Morgan fingerprint density at radius 1 is 0.486 bits per heavy atom. The number of aromatic nitrogens is 2. The topological polar surface area (TPSA) is 25.8 Å². The molecule has 0 aliphatic rings. The van der Waals surface area contributed by atoms with Crippen LogP contribution in [0.3, 0.4) is 0 Å². The summed E-state index contributed by atoms with van der Waals surface area (Å²) in [5, 5.41) is 0. The Hall–Kier alpha value is -3.31. The van der Waals surface area contributed by atoms with E-state index in [4.69, 9.17) is 0 Å². The molecule has 0 aliphatic carbocycles. The molecule has 0 N–H and O–H groups in total. The zero-order chi connectivity index (χ0) is 26.7. The van der Waals surface area contributed by atoms with Gasteiger partial charge in [0.25, 0.3) is 0 Å². The molecule has 13 heteroatoms. The maximum atomic E-state index is 13.4. The van der Waals surface area contributed by atoms with Crippen molar-refractivity contribution in [3.05, 3.63) is 107 Å². The van der Waals surface area contributed by atoms with Gasteiger partial charge in [-0.25, -0.2) is 17.6 Å². The van der Waals surface area contributed by atoms with Gasteiger partial charge in [0.15, 0.2) is 0 Å². The second-order valence-corrected chi connectivity index (χ2v) is 7.11. The number of rotatable bonds is 2. The number of alkyl halides is 6. The normalized spacial score (nSPS) is 11.3. The van der Waals surface area contributed by atoms with Crippen LogP contribution in [-0.4, -0.2) is 9.97 Å². The molecule has 2 nitrogen and oxygen atoms in total. The Morgan fingerprint density at radius 2 is 0.838 bits per heavy atom. The standard InChI is InChI=1S/2C12H6F5N.Ir/c2*13-8-2-3-9(10(14)5-8)11-4-1-7(6-18-11)12(15,16)17;/h2*1-6H;/q;;+1. The van der Waals surface area contributed by atoms with Gasteiger partial charge in [-0.05, 0) is 48.5 Å². The molecule has 4 rings (SSSR count). The SMILES string of the molecule is Fc1ccc(-c2ccc(C(F)(F)F)cn2)c(F)c1.Fc1ccc(-c2ccc(C(F)(F)F)cn2)c(F)c1.[Ir+]. The van der Waals surface area contributed by atoms with Crippen molar-refractivity contribution in [2.45, 2.75) is 12.4 Å². The summed E-state index contributed by atoms with van der Waals surface area (Å²) in [6.07, 6.45) is -7.77. The van der Waals surface area contributed by atoms with E-state index in [0.29, 0.717) is 24.5 Å². The van der Waals surface area contributed by atoms with Gasteiger partial charge >= 0.3 is 32.5 Å². The maximum absolute atomic E-state index is 13.4.